The van der Waals surface area contributed by atoms with Crippen molar-refractivity contribution in [3.05, 3.63) is 71.4 Å². The molecule has 2 aromatic rings. The lowest BCUT2D eigenvalue weighted by molar-refractivity contribution is -0.305. The van der Waals surface area contributed by atoms with E-state index in [2.05, 4.69) is 10.6 Å². The van der Waals surface area contributed by atoms with E-state index in [0.29, 0.717) is 23.5 Å². The molecule has 2 aromatic carbocycles. The maximum absolute atomic E-state index is 12.4. The lowest BCUT2D eigenvalue weighted by Gasteiger charge is -2.12. The topological polar surface area (TPSA) is 108 Å². The van der Waals surface area contributed by atoms with E-state index >= 15 is 0 Å². The lowest BCUT2D eigenvalue weighted by Crippen LogP contribution is -2.37. The van der Waals surface area contributed by atoms with Crippen molar-refractivity contribution < 1.29 is 24.2 Å². The van der Waals surface area contributed by atoms with Gasteiger partial charge < -0.3 is 25.3 Å². The second kappa shape index (κ2) is 10.5. The molecule has 0 spiro atoms. The zero-order valence-electron chi connectivity index (χ0n) is 15.4. The lowest BCUT2D eigenvalue weighted by atomic mass is 10.1. The fraction of sp³-hybridized carbons (Fsp3) is 0.190. The molecule has 7 heteroatoms. The molecule has 0 radical (unpaired) electrons. The number of ether oxygens (including phenoxy) is 1. The first-order valence-electron chi connectivity index (χ1n) is 8.78. The third-order valence-electron chi connectivity index (χ3n) is 3.65. The van der Waals surface area contributed by atoms with Gasteiger partial charge in [-0.3, -0.25) is 9.59 Å². The maximum atomic E-state index is 12.4. The van der Waals surface area contributed by atoms with Crippen molar-refractivity contribution in [2.45, 2.75) is 13.3 Å². The highest BCUT2D eigenvalue weighted by atomic mass is 16.5. The number of amides is 2. The van der Waals surface area contributed by atoms with Crippen LogP contribution in [0.4, 0.5) is 0 Å². The molecule has 28 heavy (non-hydrogen) atoms. The van der Waals surface area contributed by atoms with Crippen LogP contribution < -0.4 is 20.5 Å². The highest BCUT2D eigenvalue weighted by molar-refractivity contribution is 6.05. The molecule has 0 aliphatic carbocycles. The van der Waals surface area contributed by atoms with Gasteiger partial charge in [-0.05, 0) is 42.8 Å². The molecule has 2 amide bonds. The number of aliphatic carboxylic acids is 1. The Bertz CT molecular complexity index is 845. The van der Waals surface area contributed by atoms with Crippen molar-refractivity contribution in [3.8, 4) is 5.75 Å². The summed E-state index contributed by atoms with van der Waals surface area (Å²) in [6, 6.07) is 15.4. The largest absolute Gasteiger partial charge is 0.550 e. The summed E-state index contributed by atoms with van der Waals surface area (Å²) in [5.74, 6) is -1.63. The van der Waals surface area contributed by atoms with E-state index in [0.717, 1.165) is 0 Å². The van der Waals surface area contributed by atoms with Crippen LogP contribution >= 0.6 is 0 Å². The summed E-state index contributed by atoms with van der Waals surface area (Å²) in [4.78, 5) is 35.4. The summed E-state index contributed by atoms with van der Waals surface area (Å²) in [5, 5.41) is 15.6. The number of carbonyl (C=O) groups is 3. The van der Waals surface area contributed by atoms with Gasteiger partial charge in [0, 0.05) is 24.5 Å². The monoisotopic (exact) mass is 381 g/mol. The number of carboxylic acid groups (broad SMARTS) is 1. The molecule has 0 fully saturated rings. The van der Waals surface area contributed by atoms with Crippen LogP contribution in [0.2, 0.25) is 0 Å². The maximum Gasteiger partial charge on any atom is 0.267 e. The van der Waals surface area contributed by atoms with E-state index in [1.165, 1.54) is 6.08 Å². The van der Waals surface area contributed by atoms with Crippen LogP contribution in [-0.4, -0.2) is 30.9 Å². The summed E-state index contributed by atoms with van der Waals surface area (Å²) >= 11 is 0. The van der Waals surface area contributed by atoms with E-state index in [1.807, 2.05) is 6.92 Å². The average molecular weight is 381 g/mol. The Kier molecular flexibility index (Phi) is 7.77. The summed E-state index contributed by atoms with van der Waals surface area (Å²) in [6.07, 6.45) is 1.18. The molecule has 2 rings (SSSR count). The minimum Gasteiger partial charge on any atom is -0.550 e. The van der Waals surface area contributed by atoms with Crippen molar-refractivity contribution >= 4 is 23.9 Å². The Hall–Kier alpha value is -3.61. The first-order valence-corrected chi connectivity index (χ1v) is 8.78. The zero-order valence-corrected chi connectivity index (χ0v) is 15.4. The standard InChI is InChI=1S/C21H22N2O5/c1-2-28-17-10-8-15(9-11-17)14-18(21(27)22-13-12-19(24)25)23-20(26)16-6-4-3-5-7-16/h3-11,14H,2,12-13H2,1H3,(H,22,27)(H,23,26)(H,24,25)/p-1/b18-14-. The van der Waals surface area contributed by atoms with Crippen LogP contribution in [0.5, 0.6) is 5.75 Å². The van der Waals surface area contributed by atoms with Crippen LogP contribution in [0.3, 0.4) is 0 Å². The minimum absolute atomic E-state index is 0.00337. The quantitative estimate of drug-likeness (QED) is 0.633. The second-order valence-electron chi connectivity index (χ2n) is 5.76. The Morgan fingerprint density at radius 3 is 2.32 bits per heavy atom. The minimum atomic E-state index is -1.27. The van der Waals surface area contributed by atoms with Gasteiger partial charge in [-0.25, -0.2) is 0 Å². The molecule has 0 atom stereocenters. The molecular weight excluding hydrogens is 360 g/mol. The van der Waals surface area contributed by atoms with Gasteiger partial charge >= 0.3 is 0 Å². The second-order valence-corrected chi connectivity index (χ2v) is 5.76. The predicted octanol–water partition coefficient (Wildman–Crippen LogP) is 1.11. The molecule has 0 saturated carbocycles. The number of benzene rings is 2. The zero-order chi connectivity index (χ0) is 20.4. The first-order chi connectivity index (χ1) is 13.5. The molecule has 0 aliphatic rings. The van der Waals surface area contributed by atoms with Gasteiger partial charge in [0.2, 0.25) is 0 Å². The van der Waals surface area contributed by atoms with Crippen molar-refractivity contribution in [2.75, 3.05) is 13.2 Å². The Labute approximate surface area is 163 Å². The van der Waals surface area contributed by atoms with Gasteiger partial charge in [-0.15, -0.1) is 0 Å². The van der Waals surface area contributed by atoms with E-state index in [-0.39, 0.29) is 18.7 Å². The van der Waals surface area contributed by atoms with Gasteiger partial charge in [0.1, 0.15) is 11.4 Å². The van der Waals surface area contributed by atoms with Gasteiger partial charge in [0.15, 0.2) is 0 Å². The number of carbonyl (C=O) groups excluding carboxylic acids is 3. The van der Waals surface area contributed by atoms with Crippen molar-refractivity contribution in [3.63, 3.8) is 0 Å². The van der Waals surface area contributed by atoms with Crippen LogP contribution in [0.1, 0.15) is 29.3 Å². The van der Waals surface area contributed by atoms with E-state index < -0.39 is 17.8 Å². The van der Waals surface area contributed by atoms with E-state index in [9.17, 15) is 19.5 Å². The molecule has 0 bridgehead atoms. The summed E-state index contributed by atoms with van der Waals surface area (Å²) in [6.45, 7) is 2.30. The fourth-order valence-corrected chi connectivity index (χ4v) is 2.31. The van der Waals surface area contributed by atoms with E-state index in [4.69, 9.17) is 4.74 Å². The summed E-state index contributed by atoms with van der Waals surface area (Å²) in [5.41, 5.74) is 1.06. The molecule has 7 nitrogen and oxygen atoms in total. The molecular formula is C21H21N2O5-. The Balaban J connectivity index is 2.20. The van der Waals surface area contributed by atoms with Crippen molar-refractivity contribution in [1.29, 1.82) is 0 Å². The van der Waals surface area contributed by atoms with Gasteiger partial charge in [-0.1, -0.05) is 30.3 Å². The Morgan fingerprint density at radius 1 is 1.04 bits per heavy atom. The molecule has 146 valence electrons. The normalized spacial score (nSPS) is 10.8. The van der Waals surface area contributed by atoms with Gasteiger partial charge in [0.25, 0.3) is 11.8 Å². The van der Waals surface area contributed by atoms with Crippen molar-refractivity contribution in [1.82, 2.24) is 10.6 Å². The number of carboxylic acids is 1. The predicted molar refractivity (Wildman–Crippen MR) is 102 cm³/mol. The highest BCUT2D eigenvalue weighted by Gasteiger charge is 2.14. The summed E-state index contributed by atoms with van der Waals surface area (Å²) in [7, 11) is 0. The molecule has 0 aliphatic heterocycles. The van der Waals surface area contributed by atoms with Gasteiger partial charge in [-0.2, -0.15) is 0 Å². The van der Waals surface area contributed by atoms with E-state index in [1.54, 1.807) is 54.6 Å². The highest BCUT2D eigenvalue weighted by Crippen LogP contribution is 2.14. The van der Waals surface area contributed by atoms with Gasteiger partial charge in [0.05, 0.1) is 6.61 Å². The Morgan fingerprint density at radius 2 is 1.71 bits per heavy atom. The number of nitrogens with one attached hydrogen (secondary N) is 2. The fourth-order valence-electron chi connectivity index (χ4n) is 2.31. The van der Waals surface area contributed by atoms with Crippen LogP contribution in [-0.2, 0) is 9.59 Å². The van der Waals surface area contributed by atoms with Crippen molar-refractivity contribution in [2.24, 2.45) is 0 Å². The van der Waals surface area contributed by atoms with Crippen LogP contribution in [0.15, 0.2) is 60.3 Å². The average Bonchev–Trinajstić information content (AvgIpc) is 2.69. The molecule has 0 unspecified atom stereocenters. The number of hydrogen-bond acceptors (Lipinski definition) is 5. The third-order valence-corrected chi connectivity index (χ3v) is 3.65. The molecule has 0 aromatic heterocycles. The van der Waals surface area contributed by atoms with Crippen LogP contribution in [0.25, 0.3) is 6.08 Å². The first kappa shape index (κ1) is 20.7. The third kappa shape index (κ3) is 6.60. The number of rotatable bonds is 9. The smallest absolute Gasteiger partial charge is 0.267 e. The van der Waals surface area contributed by atoms with Crippen LogP contribution in [0, 0.1) is 0 Å². The molecule has 0 saturated heterocycles. The SMILES string of the molecule is CCOc1ccc(/C=C(\NC(=O)c2ccccc2)C(=O)NCCC(=O)[O-])cc1. The molecule has 0 heterocycles. The molecule has 2 N–H and O–H groups in total. The summed E-state index contributed by atoms with van der Waals surface area (Å²) < 4.78 is 5.38. The number of hydrogen-bond donors (Lipinski definition) is 2.